The third kappa shape index (κ3) is 6.22. The fourth-order valence-electron chi connectivity index (χ4n) is 10.8. The van der Waals surface area contributed by atoms with Crippen molar-refractivity contribution in [2.45, 2.75) is 17.2 Å². The van der Waals surface area contributed by atoms with Gasteiger partial charge in [-0.05, 0) is 111 Å². The van der Waals surface area contributed by atoms with Crippen molar-refractivity contribution in [1.29, 1.82) is 0 Å². The lowest BCUT2D eigenvalue weighted by Crippen LogP contribution is -2.11. The molecule has 0 radical (unpaired) electrons. The number of hydrogen-bond acceptors (Lipinski definition) is 4. The summed E-state index contributed by atoms with van der Waals surface area (Å²) in [6.45, 7) is 0. The van der Waals surface area contributed by atoms with Crippen molar-refractivity contribution in [2.75, 3.05) is 4.90 Å². The lowest BCUT2D eigenvalue weighted by Gasteiger charge is -2.29. The first-order valence-corrected chi connectivity index (χ1v) is 24.2. The van der Waals surface area contributed by atoms with Gasteiger partial charge < -0.3 is 13.7 Å². The van der Waals surface area contributed by atoms with E-state index in [0.717, 1.165) is 100 Å². The smallest absolute Gasteiger partial charge is 0.143 e. The Balaban J connectivity index is 0.994. The molecule has 2 aliphatic rings. The predicted octanol–water partition coefficient (Wildman–Crippen LogP) is 18.7. The molecule has 12 aromatic rings. The molecule has 0 spiro atoms. The van der Waals surface area contributed by atoms with Crippen LogP contribution in [0.2, 0.25) is 0 Å². The minimum atomic E-state index is 0.376. The summed E-state index contributed by atoms with van der Waals surface area (Å²) in [4.78, 5) is 5.22. The number of thioether (sulfide) groups is 1. The van der Waals surface area contributed by atoms with Crippen molar-refractivity contribution in [2.24, 2.45) is 0 Å². The zero-order valence-corrected chi connectivity index (χ0v) is 37.7. The lowest BCUT2D eigenvalue weighted by atomic mass is 9.86. The summed E-state index contributed by atoms with van der Waals surface area (Å²) in [6.07, 6.45) is 5.72. The highest BCUT2D eigenvalue weighted by molar-refractivity contribution is 8.03. The Morgan fingerprint density at radius 3 is 2.00 bits per heavy atom. The van der Waals surface area contributed by atoms with E-state index in [0.29, 0.717) is 5.92 Å². The van der Waals surface area contributed by atoms with Crippen LogP contribution >= 0.6 is 11.8 Å². The third-order valence-corrected chi connectivity index (χ3v) is 15.4. The molecule has 1 unspecified atom stereocenters. The molecule has 1 aliphatic carbocycles. The molecule has 1 atom stereocenters. The number of benzene rings is 10. The number of furan rings is 2. The van der Waals surface area contributed by atoms with Crippen molar-refractivity contribution in [1.82, 2.24) is 0 Å². The normalized spacial score (nSPS) is 14.4. The first kappa shape index (κ1) is 38.9. The van der Waals surface area contributed by atoms with Crippen LogP contribution in [0.3, 0.4) is 0 Å². The maximum Gasteiger partial charge on any atom is 0.143 e. The van der Waals surface area contributed by atoms with Gasteiger partial charge in [-0.2, -0.15) is 0 Å². The lowest BCUT2D eigenvalue weighted by molar-refractivity contribution is 0.670. The molecule has 68 heavy (non-hydrogen) atoms. The molecule has 2 aromatic heterocycles. The van der Waals surface area contributed by atoms with Crippen LogP contribution in [0.4, 0.5) is 17.1 Å². The first-order valence-electron chi connectivity index (χ1n) is 23.3. The molecule has 14 rings (SSSR count). The molecule has 10 aromatic carbocycles. The van der Waals surface area contributed by atoms with Crippen molar-refractivity contribution in [3.05, 3.63) is 247 Å². The van der Waals surface area contributed by atoms with Gasteiger partial charge in [0.05, 0.1) is 5.69 Å². The van der Waals surface area contributed by atoms with E-state index in [1.807, 2.05) is 23.9 Å². The van der Waals surface area contributed by atoms with Crippen molar-refractivity contribution in [3.8, 4) is 33.4 Å². The van der Waals surface area contributed by atoms with Gasteiger partial charge in [0.2, 0.25) is 0 Å². The zero-order chi connectivity index (χ0) is 44.7. The first-order chi connectivity index (χ1) is 33.7. The van der Waals surface area contributed by atoms with Crippen LogP contribution in [0.1, 0.15) is 23.5 Å². The average Bonchev–Trinajstić information content (AvgIpc) is 4.11. The zero-order valence-electron chi connectivity index (χ0n) is 36.9. The van der Waals surface area contributed by atoms with Crippen LogP contribution in [0.25, 0.3) is 93.6 Å². The number of anilines is 3. The van der Waals surface area contributed by atoms with Gasteiger partial charge in [-0.1, -0.05) is 182 Å². The van der Waals surface area contributed by atoms with E-state index in [4.69, 9.17) is 8.83 Å². The topological polar surface area (TPSA) is 29.5 Å². The summed E-state index contributed by atoms with van der Waals surface area (Å²) in [5.74, 6) is 0.376. The van der Waals surface area contributed by atoms with E-state index in [1.54, 1.807) is 0 Å². The van der Waals surface area contributed by atoms with Crippen LogP contribution in [0, 0.1) is 0 Å². The van der Waals surface area contributed by atoms with Gasteiger partial charge >= 0.3 is 0 Å². The summed E-state index contributed by atoms with van der Waals surface area (Å²) in [5, 5.41) is 6.70. The molecule has 0 fully saturated rings. The van der Waals surface area contributed by atoms with E-state index in [9.17, 15) is 0 Å². The standard InChI is InChI=1S/C64H41NO2S/c1-2-13-40(14-3-1)41-27-32-46(33-28-41)65(47-34-29-43(30-35-47)49-21-11-23-53-51-19-6-8-25-57(51)66-62(49)53)56-37-38-58-61(55-36-31-42-15-4-5-18-48(42)63(55)67-58)60(56)45-17-10-16-44(39-45)50-22-12-24-54-52-20-7-9-26-59(52)68-64(50)54/h1-23,25-39,54H,24H2. The number of rotatable bonds is 7. The second kappa shape index (κ2) is 15.7. The predicted molar refractivity (Wildman–Crippen MR) is 285 cm³/mol. The summed E-state index contributed by atoms with van der Waals surface area (Å²) < 4.78 is 13.5. The Bertz CT molecular complexity index is 4020. The molecular formula is C64H41NO2S. The molecule has 3 nitrogen and oxygen atoms in total. The third-order valence-electron chi connectivity index (χ3n) is 14.0. The Labute approximate surface area is 397 Å². The Hall–Kier alpha value is -8.31. The van der Waals surface area contributed by atoms with Gasteiger partial charge in [0.1, 0.15) is 22.3 Å². The molecule has 0 N–H and O–H groups in total. The van der Waals surface area contributed by atoms with E-state index in [1.165, 1.54) is 37.6 Å². The molecule has 1 aliphatic heterocycles. The van der Waals surface area contributed by atoms with Gasteiger partial charge in [0.15, 0.2) is 0 Å². The fourth-order valence-corrected chi connectivity index (χ4v) is 12.2. The van der Waals surface area contributed by atoms with E-state index in [2.05, 4.69) is 223 Å². The second-order valence-electron chi connectivity index (χ2n) is 17.9. The minimum Gasteiger partial charge on any atom is -0.455 e. The quantitative estimate of drug-likeness (QED) is 0.159. The molecule has 0 saturated heterocycles. The number of hydrogen-bond donors (Lipinski definition) is 0. The molecule has 3 heterocycles. The van der Waals surface area contributed by atoms with Crippen LogP contribution in [-0.4, -0.2) is 0 Å². The second-order valence-corrected chi connectivity index (χ2v) is 18.9. The maximum absolute atomic E-state index is 6.95. The van der Waals surface area contributed by atoms with E-state index < -0.39 is 0 Å². The number of para-hydroxylation sites is 2. The van der Waals surface area contributed by atoms with Gasteiger partial charge in [-0.15, -0.1) is 0 Å². The van der Waals surface area contributed by atoms with Crippen LogP contribution in [-0.2, 0) is 0 Å². The Morgan fingerprint density at radius 2 is 1.13 bits per heavy atom. The van der Waals surface area contributed by atoms with Gasteiger partial charge in [-0.3, -0.25) is 0 Å². The summed E-state index contributed by atoms with van der Waals surface area (Å²) >= 11 is 1.93. The highest BCUT2D eigenvalue weighted by atomic mass is 32.2. The minimum absolute atomic E-state index is 0.376. The summed E-state index contributed by atoms with van der Waals surface area (Å²) in [6, 6.07) is 78.8. The highest BCUT2D eigenvalue weighted by Gasteiger charge is 2.32. The summed E-state index contributed by atoms with van der Waals surface area (Å²) in [5.41, 5.74) is 17.4. The average molecular weight is 888 g/mol. The van der Waals surface area contributed by atoms with Crippen LogP contribution in [0.15, 0.2) is 249 Å². The monoisotopic (exact) mass is 887 g/mol. The van der Waals surface area contributed by atoms with E-state index in [-0.39, 0.29) is 0 Å². The Kier molecular flexibility index (Phi) is 8.96. The molecular weight excluding hydrogens is 847 g/mol. The fraction of sp³-hybridized carbons (Fsp3) is 0.0312. The molecule has 320 valence electrons. The highest BCUT2D eigenvalue weighted by Crippen LogP contribution is 2.55. The molecule has 0 saturated carbocycles. The van der Waals surface area contributed by atoms with Gasteiger partial charge in [0, 0.05) is 65.2 Å². The van der Waals surface area contributed by atoms with Crippen LogP contribution < -0.4 is 4.90 Å². The summed E-state index contributed by atoms with van der Waals surface area (Å²) in [7, 11) is 0. The Morgan fingerprint density at radius 1 is 0.456 bits per heavy atom. The number of nitrogens with zero attached hydrogens (tertiary/aromatic N) is 1. The van der Waals surface area contributed by atoms with Crippen molar-refractivity contribution in [3.63, 3.8) is 0 Å². The number of allylic oxidation sites excluding steroid dienone is 4. The molecule has 0 amide bonds. The van der Waals surface area contributed by atoms with Crippen molar-refractivity contribution < 1.29 is 8.83 Å². The van der Waals surface area contributed by atoms with E-state index >= 15 is 0 Å². The van der Waals surface area contributed by atoms with Gasteiger partial charge in [-0.25, -0.2) is 0 Å². The molecule has 0 bridgehead atoms. The molecule has 4 heteroatoms. The van der Waals surface area contributed by atoms with Crippen molar-refractivity contribution >= 4 is 89.0 Å². The maximum atomic E-state index is 6.95. The van der Waals surface area contributed by atoms with Crippen LogP contribution in [0.5, 0.6) is 0 Å². The van der Waals surface area contributed by atoms with Gasteiger partial charge in [0.25, 0.3) is 0 Å². The SMILES string of the molecule is C1=CC(c2cccc(-c3c(N(c4ccc(-c5ccccc5)cc4)c4ccc(-c5cccc6c5oc5ccccc56)cc4)ccc4oc5c6ccccc6ccc5c34)c2)=C2Sc3ccccc3C2C1. The number of fused-ring (bicyclic) bond motifs is 11. The largest absolute Gasteiger partial charge is 0.455 e.